The van der Waals surface area contributed by atoms with Crippen molar-refractivity contribution in [2.45, 2.75) is 35.4 Å². The molecule has 2 fully saturated rings. The zero-order valence-corrected chi connectivity index (χ0v) is 20.8. The summed E-state index contributed by atoms with van der Waals surface area (Å²) in [4.78, 5) is 18.4. The van der Waals surface area contributed by atoms with Gasteiger partial charge in [-0.3, -0.25) is 0 Å². The molecular formula is C27H28N7S+. The van der Waals surface area contributed by atoms with Gasteiger partial charge in [-0.25, -0.2) is 15.0 Å². The van der Waals surface area contributed by atoms with Gasteiger partial charge in [0, 0.05) is 72.5 Å². The molecule has 0 bridgehead atoms. The van der Waals surface area contributed by atoms with E-state index in [2.05, 4.69) is 44.0 Å². The average Bonchev–Trinajstić information content (AvgIpc) is 3.44. The molecular weight excluding hydrogens is 454 g/mol. The van der Waals surface area contributed by atoms with Gasteiger partial charge >= 0.3 is 0 Å². The van der Waals surface area contributed by atoms with Crippen LogP contribution in [0.5, 0.6) is 0 Å². The van der Waals surface area contributed by atoms with E-state index in [0.29, 0.717) is 0 Å². The number of rotatable bonds is 4. The van der Waals surface area contributed by atoms with Gasteiger partial charge in [0.05, 0.1) is 5.69 Å². The number of fused-ring (bicyclic) bond motifs is 4. The molecule has 7 rings (SSSR count). The molecule has 1 atom stereocenters. The highest BCUT2D eigenvalue weighted by atomic mass is 32.2. The Morgan fingerprint density at radius 2 is 2.09 bits per heavy atom. The lowest BCUT2D eigenvalue weighted by molar-refractivity contribution is -0.645. The van der Waals surface area contributed by atoms with E-state index in [1.807, 2.05) is 38.6 Å². The SMILES string of the molecule is CNc1cccc2c1Cc1nc(Sc3cnc4ccc[n+](C)c4c3)nc(N3CC(N)C4(CC4)C3)c1-2. The Morgan fingerprint density at radius 3 is 2.89 bits per heavy atom. The summed E-state index contributed by atoms with van der Waals surface area (Å²) in [7, 11) is 4.03. The number of nitrogens with zero attached hydrogens (tertiary/aromatic N) is 5. The molecule has 176 valence electrons. The van der Waals surface area contributed by atoms with Crippen LogP contribution in [0.2, 0.25) is 0 Å². The molecule has 8 heteroatoms. The Hall–Kier alpha value is -3.23. The first-order chi connectivity index (χ1) is 17.0. The maximum atomic E-state index is 6.61. The normalized spacial score (nSPS) is 19.3. The summed E-state index contributed by atoms with van der Waals surface area (Å²) in [6.45, 7) is 1.83. The minimum Gasteiger partial charge on any atom is -0.388 e. The first-order valence-corrected chi connectivity index (χ1v) is 13.0. The third-order valence-electron chi connectivity index (χ3n) is 7.93. The maximum Gasteiger partial charge on any atom is 0.232 e. The molecule has 1 spiro atoms. The van der Waals surface area contributed by atoms with Crippen molar-refractivity contribution in [2.75, 3.05) is 30.4 Å². The van der Waals surface area contributed by atoms with Gasteiger partial charge in [0.15, 0.2) is 11.4 Å². The summed E-state index contributed by atoms with van der Waals surface area (Å²) >= 11 is 1.58. The zero-order chi connectivity index (χ0) is 23.7. The van der Waals surface area contributed by atoms with Gasteiger partial charge in [-0.1, -0.05) is 12.1 Å². The van der Waals surface area contributed by atoms with Crippen LogP contribution in [0.15, 0.2) is 58.8 Å². The van der Waals surface area contributed by atoms with Crippen LogP contribution in [-0.4, -0.2) is 41.1 Å². The molecule has 0 radical (unpaired) electrons. The smallest absolute Gasteiger partial charge is 0.232 e. The van der Waals surface area contributed by atoms with Crippen molar-refractivity contribution >= 4 is 34.3 Å². The first-order valence-electron chi connectivity index (χ1n) is 12.2. The van der Waals surface area contributed by atoms with E-state index >= 15 is 0 Å². The fourth-order valence-electron chi connectivity index (χ4n) is 5.77. The van der Waals surface area contributed by atoms with Crippen molar-refractivity contribution in [2.24, 2.45) is 18.2 Å². The Kier molecular flexibility index (Phi) is 4.60. The summed E-state index contributed by atoms with van der Waals surface area (Å²) in [5.74, 6) is 1.03. The van der Waals surface area contributed by atoms with E-state index in [9.17, 15) is 0 Å². The monoisotopic (exact) mass is 482 g/mol. The van der Waals surface area contributed by atoms with Crippen LogP contribution in [0.25, 0.3) is 22.2 Å². The van der Waals surface area contributed by atoms with Crippen LogP contribution in [0, 0.1) is 5.41 Å². The van der Waals surface area contributed by atoms with E-state index in [0.717, 1.165) is 57.8 Å². The number of anilines is 2. The number of hydrogen-bond acceptors (Lipinski definition) is 7. The molecule has 1 aliphatic heterocycles. The Labute approximate surface area is 208 Å². The van der Waals surface area contributed by atoms with Gasteiger partial charge < -0.3 is 16.0 Å². The largest absolute Gasteiger partial charge is 0.388 e. The molecule has 4 aromatic rings. The highest BCUT2D eigenvalue weighted by Crippen LogP contribution is 2.54. The number of hydrogen-bond donors (Lipinski definition) is 2. The predicted molar refractivity (Wildman–Crippen MR) is 139 cm³/mol. The molecule has 3 aromatic heterocycles. The highest BCUT2D eigenvalue weighted by molar-refractivity contribution is 7.99. The van der Waals surface area contributed by atoms with Crippen LogP contribution in [-0.2, 0) is 13.5 Å². The van der Waals surface area contributed by atoms with Crippen molar-refractivity contribution in [3.8, 4) is 11.1 Å². The van der Waals surface area contributed by atoms with Crippen LogP contribution in [0.1, 0.15) is 24.1 Å². The zero-order valence-electron chi connectivity index (χ0n) is 20.0. The number of benzene rings is 1. The summed E-state index contributed by atoms with van der Waals surface area (Å²) in [6, 6.07) is 12.9. The number of aryl methyl sites for hydroxylation is 1. The molecule has 35 heavy (non-hydrogen) atoms. The fourth-order valence-corrected chi connectivity index (χ4v) is 6.54. The summed E-state index contributed by atoms with van der Waals surface area (Å²) in [6.07, 6.45) is 7.21. The Balaban J connectivity index is 1.33. The van der Waals surface area contributed by atoms with E-state index < -0.39 is 0 Å². The van der Waals surface area contributed by atoms with Crippen molar-refractivity contribution in [1.82, 2.24) is 15.0 Å². The number of nitrogens with two attached hydrogens (primary N) is 1. The lowest BCUT2D eigenvalue weighted by atomic mass is 10.0. The van der Waals surface area contributed by atoms with Crippen molar-refractivity contribution in [3.63, 3.8) is 0 Å². The number of pyridine rings is 2. The van der Waals surface area contributed by atoms with Crippen molar-refractivity contribution in [3.05, 3.63) is 60.0 Å². The second-order valence-electron chi connectivity index (χ2n) is 10.1. The van der Waals surface area contributed by atoms with Gasteiger partial charge in [-0.05, 0) is 47.9 Å². The summed E-state index contributed by atoms with van der Waals surface area (Å²) < 4.78 is 2.10. The second kappa shape index (κ2) is 7.63. The third kappa shape index (κ3) is 3.31. The molecule has 3 N–H and O–H groups in total. The minimum atomic E-state index is 0.207. The van der Waals surface area contributed by atoms with Crippen molar-refractivity contribution < 1.29 is 4.57 Å². The second-order valence-corrected chi connectivity index (χ2v) is 11.1. The molecule has 7 nitrogen and oxygen atoms in total. The van der Waals surface area contributed by atoms with E-state index in [-0.39, 0.29) is 11.5 Å². The molecule has 2 aliphatic carbocycles. The Bertz CT molecular complexity index is 1500. The van der Waals surface area contributed by atoms with Crippen LogP contribution >= 0.6 is 11.8 Å². The lowest BCUT2D eigenvalue weighted by Gasteiger charge is -2.21. The molecule has 3 aliphatic rings. The summed E-state index contributed by atoms with van der Waals surface area (Å²) in [5, 5.41) is 4.13. The topological polar surface area (TPSA) is 83.8 Å². The molecule has 1 saturated carbocycles. The lowest BCUT2D eigenvalue weighted by Crippen LogP contribution is -2.30. The van der Waals surface area contributed by atoms with Crippen LogP contribution in [0.3, 0.4) is 0 Å². The average molecular weight is 483 g/mol. The van der Waals surface area contributed by atoms with Gasteiger partial charge in [-0.15, -0.1) is 0 Å². The first kappa shape index (κ1) is 21.1. The molecule has 4 heterocycles. The molecule has 1 unspecified atom stereocenters. The standard InChI is InChI=1S/C27H28N7S/c1-29-19-6-3-5-17-18(19)12-21-24(17)25(34-14-23(28)27(15-34)8-9-27)32-26(31-21)35-16-11-22-20(30-13-16)7-4-10-33(22)2/h3-7,10-11,13,23,29H,8-9,12,14-15,28H2,1-2H3/q+1. The van der Waals surface area contributed by atoms with E-state index in [1.54, 1.807) is 11.8 Å². The third-order valence-corrected chi connectivity index (χ3v) is 8.75. The molecule has 1 saturated heterocycles. The van der Waals surface area contributed by atoms with Crippen LogP contribution < -0.4 is 20.5 Å². The quantitative estimate of drug-likeness (QED) is 0.299. The van der Waals surface area contributed by atoms with Gasteiger partial charge in [-0.2, -0.15) is 4.57 Å². The highest BCUT2D eigenvalue weighted by Gasteiger charge is 2.54. The maximum absolute atomic E-state index is 6.61. The van der Waals surface area contributed by atoms with Crippen LogP contribution in [0.4, 0.5) is 11.5 Å². The minimum absolute atomic E-state index is 0.207. The van der Waals surface area contributed by atoms with E-state index in [4.69, 9.17) is 15.7 Å². The number of aromatic nitrogens is 4. The fraction of sp³-hybridized carbons (Fsp3) is 0.333. The van der Waals surface area contributed by atoms with Gasteiger partial charge in [0.25, 0.3) is 0 Å². The Morgan fingerprint density at radius 1 is 1.20 bits per heavy atom. The molecule has 0 amide bonds. The van der Waals surface area contributed by atoms with Crippen molar-refractivity contribution in [1.29, 1.82) is 0 Å². The predicted octanol–water partition coefficient (Wildman–Crippen LogP) is 3.54. The van der Waals surface area contributed by atoms with E-state index in [1.165, 1.54) is 29.5 Å². The van der Waals surface area contributed by atoms with Gasteiger partial charge in [0.1, 0.15) is 18.4 Å². The molecule has 1 aromatic carbocycles. The van der Waals surface area contributed by atoms with Gasteiger partial charge in [0.2, 0.25) is 5.52 Å². The summed E-state index contributed by atoms with van der Waals surface area (Å²) in [5.41, 5.74) is 14.9. The number of nitrogens with one attached hydrogen (secondary N) is 1.